The normalized spacial score (nSPS) is 10.6. The van der Waals surface area contributed by atoms with E-state index in [1.807, 2.05) is 37.4 Å². The van der Waals surface area contributed by atoms with Crippen LogP contribution in [0.25, 0.3) is 10.8 Å². The lowest BCUT2D eigenvalue weighted by Gasteiger charge is -2.11. The summed E-state index contributed by atoms with van der Waals surface area (Å²) < 4.78 is 5.40. The molecule has 100 valence electrons. The van der Waals surface area contributed by atoms with E-state index in [0.29, 0.717) is 22.5 Å². The van der Waals surface area contributed by atoms with Crippen molar-refractivity contribution in [3.63, 3.8) is 0 Å². The molecule has 0 aliphatic carbocycles. The molecule has 0 saturated heterocycles. The summed E-state index contributed by atoms with van der Waals surface area (Å²) in [5.41, 5.74) is 0. The van der Waals surface area contributed by atoms with Gasteiger partial charge in [0.15, 0.2) is 0 Å². The molecule has 1 N–H and O–H groups in total. The van der Waals surface area contributed by atoms with E-state index >= 15 is 0 Å². The maximum atomic E-state index is 11.6. The second-order valence-corrected chi connectivity index (χ2v) is 5.04. The van der Waals surface area contributed by atoms with E-state index in [4.69, 9.17) is 4.74 Å². The van der Waals surface area contributed by atoms with Gasteiger partial charge in [-0.3, -0.25) is 4.79 Å². The Bertz CT molecular complexity index is 608. The van der Waals surface area contributed by atoms with E-state index in [-0.39, 0.29) is 11.7 Å². The van der Waals surface area contributed by atoms with Crippen molar-refractivity contribution in [2.45, 2.75) is 24.7 Å². The van der Waals surface area contributed by atoms with Crippen LogP contribution in [0.15, 0.2) is 35.2 Å². The zero-order valence-electron chi connectivity index (χ0n) is 11.0. The number of carbonyl (C=O) groups excluding carboxylic acids is 1. The molecule has 0 unspecified atom stereocenters. The molecule has 0 aliphatic heterocycles. The maximum absolute atomic E-state index is 11.6. The lowest BCUT2D eigenvalue weighted by molar-refractivity contribution is -0.134. The molecule has 2 rings (SSSR count). The molecule has 0 fully saturated rings. The van der Waals surface area contributed by atoms with Gasteiger partial charge in [0.25, 0.3) is 0 Å². The Kier molecular flexibility index (Phi) is 4.32. The Morgan fingerprint density at radius 1 is 1.32 bits per heavy atom. The third-order valence-corrected chi connectivity index (χ3v) is 3.59. The van der Waals surface area contributed by atoms with E-state index in [1.54, 1.807) is 6.07 Å². The Morgan fingerprint density at radius 2 is 2.00 bits per heavy atom. The molecule has 0 aromatic heterocycles. The Balaban J connectivity index is 2.53. The zero-order chi connectivity index (χ0) is 13.8. The fourth-order valence-corrected chi connectivity index (χ4v) is 2.45. The number of esters is 1. The summed E-state index contributed by atoms with van der Waals surface area (Å²) in [7, 11) is 0. The highest BCUT2D eigenvalue weighted by molar-refractivity contribution is 7.98. The number of thioether (sulfide) groups is 1. The van der Waals surface area contributed by atoms with Gasteiger partial charge in [-0.25, -0.2) is 0 Å². The van der Waals surface area contributed by atoms with Crippen molar-refractivity contribution in [3.05, 3.63) is 30.3 Å². The van der Waals surface area contributed by atoms with E-state index < -0.39 is 0 Å². The van der Waals surface area contributed by atoms with Crippen molar-refractivity contribution >= 4 is 28.5 Å². The van der Waals surface area contributed by atoms with Crippen LogP contribution in [0, 0.1) is 0 Å². The number of carbonyl (C=O) groups is 1. The summed E-state index contributed by atoms with van der Waals surface area (Å²) in [6, 6.07) is 9.09. The molecular formula is C15H16O3S. The van der Waals surface area contributed by atoms with Gasteiger partial charge in [-0.1, -0.05) is 31.2 Å². The molecule has 19 heavy (non-hydrogen) atoms. The molecule has 0 saturated carbocycles. The van der Waals surface area contributed by atoms with Crippen LogP contribution in [0.5, 0.6) is 11.5 Å². The molecule has 2 aromatic carbocycles. The molecule has 4 heteroatoms. The first-order valence-electron chi connectivity index (χ1n) is 6.16. The van der Waals surface area contributed by atoms with Crippen molar-refractivity contribution in [1.29, 1.82) is 0 Å². The fraction of sp³-hybridized carbons (Fsp3) is 0.267. The van der Waals surface area contributed by atoms with Crippen LogP contribution in [0.2, 0.25) is 0 Å². The predicted molar refractivity (Wildman–Crippen MR) is 77.9 cm³/mol. The van der Waals surface area contributed by atoms with Gasteiger partial charge in [0.05, 0.1) is 4.90 Å². The molecule has 0 amide bonds. The number of fused-ring (bicyclic) bond motifs is 1. The van der Waals surface area contributed by atoms with Gasteiger partial charge in [-0.15, -0.1) is 11.8 Å². The minimum atomic E-state index is -0.245. The SMILES string of the molecule is CCCC(=O)Oc1cc(SC)c(O)c2ccccc12. The summed E-state index contributed by atoms with van der Waals surface area (Å²) in [6.45, 7) is 1.93. The van der Waals surface area contributed by atoms with Crippen LogP contribution in [0.3, 0.4) is 0 Å². The molecule has 0 spiro atoms. The standard InChI is InChI=1S/C15H16O3S/c1-3-6-14(16)18-12-9-13(19-2)15(17)11-8-5-4-7-10(11)12/h4-5,7-9,17H,3,6H2,1-2H3. The Hall–Kier alpha value is -1.68. The third kappa shape index (κ3) is 2.84. The second kappa shape index (κ2) is 5.97. The fourth-order valence-electron chi connectivity index (χ4n) is 1.92. The molecule has 0 radical (unpaired) electrons. The van der Waals surface area contributed by atoms with Crippen molar-refractivity contribution in [3.8, 4) is 11.5 Å². The summed E-state index contributed by atoms with van der Waals surface area (Å²) in [5.74, 6) is 0.500. The average Bonchev–Trinajstić information content (AvgIpc) is 2.42. The van der Waals surface area contributed by atoms with Gasteiger partial charge in [0.2, 0.25) is 0 Å². The Morgan fingerprint density at radius 3 is 2.63 bits per heavy atom. The van der Waals surface area contributed by atoms with Crippen molar-refractivity contribution in [1.82, 2.24) is 0 Å². The number of aromatic hydroxyl groups is 1. The largest absolute Gasteiger partial charge is 0.506 e. The van der Waals surface area contributed by atoms with Crippen LogP contribution >= 0.6 is 11.8 Å². The molecule has 0 atom stereocenters. The molecule has 2 aromatic rings. The number of phenols is 1. The van der Waals surface area contributed by atoms with E-state index in [2.05, 4.69) is 0 Å². The smallest absolute Gasteiger partial charge is 0.311 e. The molecule has 0 heterocycles. The summed E-state index contributed by atoms with van der Waals surface area (Å²) in [6.07, 6.45) is 3.02. The number of phenolic OH excluding ortho intramolecular Hbond substituents is 1. The van der Waals surface area contributed by atoms with Crippen LogP contribution in [-0.4, -0.2) is 17.3 Å². The monoisotopic (exact) mass is 276 g/mol. The molecular weight excluding hydrogens is 260 g/mol. The van der Waals surface area contributed by atoms with Gasteiger partial charge in [0.1, 0.15) is 11.5 Å². The number of hydrogen-bond acceptors (Lipinski definition) is 4. The van der Waals surface area contributed by atoms with Crippen LogP contribution in [0.1, 0.15) is 19.8 Å². The van der Waals surface area contributed by atoms with Crippen LogP contribution in [-0.2, 0) is 4.79 Å². The van der Waals surface area contributed by atoms with Crippen LogP contribution < -0.4 is 4.74 Å². The lowest BCUT2D eigenvalue weighted by Crippen LogP contribution is -2.07. The van der Waals surface area contributed by atoms with Gasteiger partial charge in [0, 0.05) is 17.2 Å². The van der Waals surface area contributed by atoms with Crippen molar-refractivity contribution < 1.29 is 14.6 Å². The lowest BCUT2D eigenvalue weighted by atomic mass is 10.1. The van der Waals surface area contributed by atoms with Crippen molar-refractivity contribution in [2.24, 2.45) is 0 Å². The third-order valence-electron chi connectivity index (χ3n) is 2.84. The minimum absolute atomic E-state index is 0.235. The summed E-state index contributed by atoms with van der Waals surface area (Å²) in [4.78, 5) is 12.4. The Labute approximate surface area is 116 Å². The topological polar surface area (TPSA) is 46.5 Å². The van der Waals surface area contributed by atoms with Crippen LogP contribution in [0.4, 0.5) is 0 Å². The zero-order valence-corrected chi connectivity index (χ0v) is 11.8. The van der Waals surface area contributed by atoms with E-state index in [1.165, 1.54) is 11.8 Å². The summed E-state index contributed by atoms with van der Waals surface area (Å²) in [5, 5.41) is 11.6. The maximum Gasteiger partial charge on any atom is 0.311 e. The highest BCUT2D eigenvalue weighted by Gasteiger charge is 2.13. The average molecular weight is 276 g/mol. The first-order valence-corrected chi connectivity index (χ1v) is 7.39. The minimum Gasteiger partial charge on any atom is -0.506 e. The van der Waals surface area contributed by atoms with E-state index in [0.717, 1.165) is 11.8 Å². The number of benzene rings is 2. The summed E-state index contributed by atoms with van der Waals surface area (Å²) >= 11 is 1.42. The van der Waals surface area contributed by atoms with Gasteiger partial charge < -0.3 is 9.84 Å². The molecule has 0 bridgehead atoms. The number of hydrogen-bond donors (Lipinski definition) is 1. The highest BCUT2D eigenvalue weighted by atomic mass is 32.2. The first kappa shape index (κ1) is 13.7. The molecule has 0 aliphatic rings. The second-order valence-electron chi connectivity index (χ2n) is 4.20. The number of rotatable bonds is 4. The first-order chi connectivity index (χ1) is 9.17. The predicted octanol–water partition coefficient (Wildman–Crippen LogP) is 3.97. The van der Waals surface area contributed by atoms with E-state index in [9.17, 15) is 9.90 Å². The van der Waals surface area contributed by atoms with Gasteiger partial charge in [-0.2, -0.15) is 0 Å². The molecule has 3 nitrogen and oxygen atoms in total. The highest BCUT2D eigenvalue weighted by Crippen LogP contribution is 2.40. The van der Waals surface area contributed by atoms with Gasteiger partial charge in [-0.05, 0) is 18.7 Å². The quantitative estimate of drug-likeness (QED) is 0.521. The number of ether oxygens (including phenoxy) is 1. The van der Waals surface area contributed by atoms with Crippen molar-refractivity contribution in [2.75, 3.05) is 6.26 Å². The van der Waals surface area contributed by atoms with Gasteiger partial charge >= 0.3 is 5.97 Å².